The van der Waals surface area contributed by atoms with Gasteiger partial charge in [0.15, 0.2) is 12.1 Å². The smallest absolute Gasteiger partial charge is 0.203 e. The van der Waals surface area contributed by atoms with E-state index in [1.54, 1.807) is 6.07 Å². The molecule has 0 amide bonds. The van der Waals surface area contributed by atoms with Gasteiger partial charge in [0.25, 0.3) is 0 Å². The molecule has 0 spiro atoms. The number of nitrogens with zero attached hydrogens (tertiary/aromatic N) is 1. The van der Waals surface area contributed by atoms with Crippen molar-refractivity contribution in [3.63, 3.8) is 0 Å². The number of rotatable bonds is 1. The zero-order chi connectivity index (χ0) is 8.55. The molecule has 12 heavy (non-hydrogen) atoms. The molecule has 0 unspecified atom stereocenters. The highest BCUT2D eigenvalue weighted by Gasteiger charge is 2.09. The fourth-order valence-electron chi connectivity index (χ4n) is 1.01. The Labute approximate surface area is 66.8 Å². The normalized spacial score (nSPS) is 10.4. The van der Waals surface area contributed by atoms with Gasteiger partial charge in [-0.05, 0) is 12.1 Å². The molecule has 0 saturated carbocycles. The molecule has 0 N–H and O–H groups in total. The Balaban J connectivity index is 2.86. The first kappa shape index (κ1) is 6.97. The number of aldehydes is 1. The van der Waals surface area contributed by atoms with Crippen molar-refractivity contribution in [1.29, 1.82) is 0 Å². The molecule has 60 valence electrons. The van der Waals surface area contributed by atoms with Gasteiger partial charge in [-0.25, -0.2) is 4.39 Å². The van der Waals surface area contributed by atoms with E-state index in [-0.39, 0.29) is 11.1 Å². The van der Waals surface area contributed by atoms with Crippen molar-refractivity contribution in [2.45, 2.75) is 0 Å². The molecular weight excluding hydrogens is 161 g/mol. The van der Waals surface area contributed by atoms with Crippen LogP contribution < -0.4 is 0 Å². The van der Waals surface area contributed by atoms with Crippen LogP contribution in [0.4, 0.5) is 4.39 Å². The minimum atomic E-state index is -0.653. The molecule has 3 nitrogen and oxygen atoms in total. The van der Waals surface area contributed by atoms with E-state index in [1.807, 2.05) is 0 Å². The number of fused-ring (bicyclic) bond motifs is 1. The van der Waals surface area contributed by atoms with Crippen molar-refractivity contribution in [2.75, 3.05) is 0 Å². The number of halogens is 1. The highest BCUT2D eigenvalue weighted by molar-refractivity contribution is 5.85. The topological polar surface area (TPSA) is 43.1 Å². The largest absolute Gasteiger partial charge is 0.353 e. The Morgan fingerprint density at radius 2 is 2.33 bits per heavy atom. The minimum absolute atomic E-state index is 0.0146. The summed E-state index contributed by atoms with van der Waals surface area (Å²) in [6, 6.07) is 2.97. The van der Waals surface area contributed by atoms with Gasteiger partial charge in [-0.15, -0.1) is 0 Å². The number of aromatic nitrogens is 1. The van der Waals surface area contributed by atoms with Gasteiger partial charge in [0.05, 0.1) is 11.8 Å². The van der Waals surface area contributed by atoms with Crippen LogP contribution in [0.2, 0.25) is 0 Å². The number of hydrogen-bond acceptors (Lipinski definition) is 3. The van der Waals surface area contributed by atoms with Crippen LogP contribution in [0.25, 0.3) is 11.0 Å². The second-order valence-electron chi connectivity index (χ2n) is 2.33. The van der Waals surface area contributed by atoms with Crippen molar-refractivity contribution >= 4 is 17.3 Å². The SMILES string of the molecule is O=Cc1ccc2cnoc2c1F. The minimum Gasteiger partial charge on any atom is -0.353 e. The average Bonchev–Trinajstić information content (AvgIpc) is 2.53. The highest BCUT2D eigenvalue weighted by Crippen LogP contribution is 2.19. The molecule has 4 heteroatoms. The molecule has 0 bridgehead atoms. The fourth-order valence-corrected chi connectivity index (χ4v) is 1.01. The Kier molecular flexibility index (Phi) is 1.40. The monoisotopic (exact) mass is 165 g/mol. The third-order valence-corrected chi connectivity index (χ3v) is 1.62. The van der Waals surface area contributed by atoms with Crippen molar-refractivity contribution < 1.29 is 13.7 Å². The Morgan fingerprint density at radius 1 is 1.50 bits per heavy atom. The molecule has 1 aromatic carbocycles. The Hall–Kier alpha value is -1.71. The van der Waals surface area contributed by atoms with E-state index in [9.17, 15) is 9.18 Å². The fraction of sp³-hybridized carbons (Fsp3) is 0. The summed E-state index contributed by atoms with van der Waals surface area (Å²) in [6.07, 6.45) is 1.84. The lowest BCUT2D eigenvalue weighted by Crippen LogP contribution is -1.86. The van der Waals surface area contributed by atoms with Crippen LogP contribution in [0.3, 0.4) is 0 Å². The molecule has 0 aliphatic rings. The first-order chi connectivity index (χ1) is 5.83. The van der Waals surface area contributed by atoms with Crippen LogP contribution in [-0.2, 0) is 0 Å². The molecule has 0 aliphatic heterocycles. The lowest BCUT2D eigenvalue weighted by Gasteiger charge is -1.92. The number of carbonyl (C=O) groups is 1. The van der Waals surface area contributed by atoms with Gasteiger partial charge in [0, 0.05) is 5.39 Å². The van der Waals surface area contributed by atoms with Crippen molar-refractivity contribution in [3.8, 4) is 0 Å². The molecule has 2 rings (SSSR count). The Bertz CT molecular complexity index is 436. The standard InChI is InChI=1S/C8H4FNO2/c9-7-6(4-11)2-1-5-3-10-12-8(5)7/h1-4H. The van der Waals surface area contributed by atoms with Crippen LogP contribution in [0, 0.1) is 5.82 Å². The molecule has 0 aliphatic carbocycles. The summed E-state index contributed by atoms with van der Waals surface area (Å²) in [5.41, 5.74) is 0.0128. The summed E-state index contributed by atoms with van der Waals surface area (Å²) in [7, 11) is 0. The average molecular weight is 165 g/mol. The second kappa shape index (κ2) is 2.41. The molecule has 2 aromatic rings. The predicted molar refractivity (Wildman–Crippen MR) is 39.4 cm³/mol. The van der Waals surface area contributed by atoms with Gasteiger partial charge in [0.2, 0.25) is 5.58 Å². The molecule has 0 saturated heterocycles. The summed E-state index contributed by atoms with van der Waals surface area (Å²) in [4.78, 5) is 10.3. The van der Waals surface area contributed by atoms with Gasteiger partial charge >= 0.3 is 0 Å². The van der Waals surface area contributed by atoms with Gasteiger partial charge in [0.1, 0.15) is 0 Å². The summed E-state index contributed by atoms with van der Waals surface area (Å²) < 4.78 is 17.7. The third kappa shape index (κ3) is 0.812. The predicted octanol–water partition coefficient (Wildman–Crippen LogP) is 1.78. The van der Waals surface area contributed by atoms with E-state index >= 15 is 0 Å². The van der Waals surface area contributed by atoms with Gasteiger partial charge < -0.3 is 4.52 Å². The molecule has 0 atom stereocenters. The second-order valence-corrected chi connectivity index (χ2v) is 2.33. The summed E-state index contributed by atoms with van der Waals surface area (Å²) in [5, 5.41) is 3.96. The van der Waals surface area contributed by atoms with E-state index < -0.39 is 5.82 Å². The first-order valence-electron chi connectivity index (χ1n) is 3.31. The highest BCUT2D eigenvalue weighted by atomic mass is 19.1. The van der Waals surface area contributed by atoms with Gasteiger partial charge in [-0.3, -0.25) is 4.79 Å². The van der Waals surface area contributed by atoms with Crippen LogP contribution in [0.1, 0.15) is 10.4 Å². The maximum Gasteiger partial charge on any atom is 0.203 e. The molecule has 1 heterocycles. The zero-order valence-corrected chi connectivity index (χ0v) is 5.95. The summed E-state index contributed by atoms with van der Waals surface area (Å²) in [6.45, 7) is 0. The van der Waals surface area contributed by atoms with Gasteiger partial charge in [-0.1, -0.05) is 5.16 Å². The lowest BCUT2D eigenvalue weighted by molar-refractivity contribution is 0.112. The lowest BCUT2D eigenvalue weighted by atomic mass is 10.2. The Morgan fingerprint density at radius 3 is 3.08 bits per heavy atom. The van der Waals surface area contributed by atoms with E-state index in [4.69, 9.17) is 0 Å². The first-order valence-corrected chi connectivity index (χ1v) is 3.31. The van der Waals surface area contributed by atoms with Crippen LogP contribution in [-0.4, -0.2) is 11.4 Å². The van der Waals surface area contributed by atoms with Crippen molar-refractivity contribution in [2.24, 2.45) is 0 Å². The molecule has 1 aromatic heterocycles. The summed E-state index contributed by atoms with van der Waals surface area (Å²) >= 11 is 0. The maximum atomic E-state index is 13.1. The van der Waals surface area contributed by atoms with E-state index in [2.05, 4.69) is 9.68 Å². The number of benzene rings is 1. The van der Waals surface area contributed by atoms with Crippen LogP contribution in [0.5, 0.6) is 0 Å². The van der Waals surface area contributed by atoms with Gasteiger partial charge in [-0.2, -0.15) is 0 Å². The quantitative estimate of drug-likeness (QED) is 0.605. The van der Waals surface area contributed by atoms with Crippen LogP contribution >= 0.6 is 0 Å². The third-order valence-electron chi connectivity index (χ3n) is 1.62. The van der Waals surface area contributed by atoms with Crippen LogP contribution in [0.15, 0.2) is 22.9 Å². The van der Waals surface area contributed by atoms with Crippen molar-refractivity contribution in [1.82, 2.24) is 5.16 Å². The zero-order valence-electron chi connectivity index (χ0n) is 5.95. The molecule has 0 radical (unpaired) electrons. The van der Waals surface area contributed by atoms with E-state index in [0.717, 1.165) is 0 Å². The molecular formula is C8H4FNO2. The van der Waals surface area contributed by atoms with Crippen molar-refractivity contribution in [3.05, 3.63) is 29.7 Å². The number of hydrogen-bond donors (Lipinski definition) is 0. The van der Waals surface area contributed by atoms with E-state index in [0.29, 0.717) is 11.7 Å². The molecule has 0 fully saturated rings. The van der Waals surface area contributed by atoms with E-state index in [1.165, 1.54) is 12.3 Å². The number of carbonyl (C=O) groups excluding carboxylic acids is 1. The summed E-state index contributed by atoms with van der Waals surface area (Å²) in [5.74, 6) is -0.653. The maximum absolute atomic E-state index is 13.1.